The molecule has 0 heterocycles. The smallest absolute Gasteiger partial charge is 0.449 e. The number of alkyl halides is 3. The zero-order valence-corrected chi connectivity index (χ0v) is 12.2. The van der Waals surface area contributed by atoms with E-state index >= 15 is 0 Å². The molecule has 22 heavy (non-hydrogen) atoms. The minimum absolute atomic E-state index is 0.0692. The van der Waals surface area contributed by atoms with Crippen molar-refractivity contribution in [2.45, 2.75) is 57.5 Å². The van der Waals surface area contributed by atoms with Crippen molar-refractivity contribution in [3.05, 3.63) is 0 Å². The first-order valence-electron chi connectivity index (χ1n) is 6.85. The van der Waals surface area contributed by atoms with E-state index in [9.17, 15) is 27.6 Å². The van der Waals surface area contributed by atoms with Crippen LogP contribution in [0.3, 0.4) is 0 Å². The van der Waals surface area contributed by atoms with E-state index in [-0.39, 0.29) is 19.3 Å². The van der Waals surface area contributed by atoms with Crippen LogP contribution in [0.15, 0.2) is 0 Å². The maximum absolute atomic E-state index is 11.6. The zero-order valence-electron chi connectivity index (χ0n) is 12.2. The maximum Gasteiger partial charge on any atom is 0.449 e. The zero-order chi connectivity index (χ0) is 17.6. The second kappa shape index (κ2) is 13.1. The summed E-state index contributed by atoms with van der Waals surface area (Å²) in [7, 11) is 0. The van der Waals surface area contributed by atoms with E-state index in [0.717, 1.165) is 6.42 Å². The van der Waals surface area contributed by atoms with Gasteiger partial charge in [0.1, 0.15) is 0 Å². The first kappa shape index (κ1) is 22.6. The molecule has 0 aromatic heterocycles. The SMILES string of the molecule is NCCCCC(=O)O.O=C(O)CCCCCC(=O)C(F)(F)F. The lowest BCUT2D eigenvalue weighted by Crippen LogP contribution is -2.22. The van der Waals surface area contributed by atoms with Crippen molar-refractivity contribution in [1.29, 1.82) is 0 Å². The van der Waals surface area contributed by atoms with E-state index in [4.69, 9.17) is 15.9 Å². The first-order chi connectivity index (χ1) is 10.1. The molecule has 0 saturated heterocycles. The lowest BCUT2D eigenvalue weighted by molar-refractivity contribution is -0.171. The first-order valence-corrected chi connectivity index (χ1v) is 6.85. The quantitative estimate of drug-likeness (QED) is 0.530. The molecule has 0 atom stereocenters. The maximum atomic E-state index is 11.6. The summed E-state index contributed by atoms with van der Waals surface area (Å²) in [6.07, 6.45) is -2.90. The van der Waals surface area contributed by atoms with Crippen molar-refractivity contribution in [3.63, 3.8) is 0 Å². The summed E-state index contributed by atoms with van der Waals surface area (Å²) >= 11 is 0. The molecular weight excluding hydrogens is 307 g/mol. The Balaban J connectivity index is 0. The number of carboxylic acids is 2. The summed E-state index contributed by atoms with van der Waals surface area (Å²) in [6.45, 7) is 0.591. The lowest BCUT2D eigenvalue weighted by Gasteiger charge is -2.03. The molecule has 4 N–H and O–H groups in total. The van der Waals surface area contributed by atoms with Crippen LogP contribution < -0.4 is 5.73 Å². The molecule has 0 spiro atoms. The van der Waals surface area contributed by atoms with Gasteiger partial charge in [-0.1, -0.05) is 6.42 Å². The monoisotopic (exact) mass is 329 g/mol. The van der Waals surface area contributed by atoms with Gasteiger partial charge in [-0.2, -0.15) is 13.2 Å². The van der Waals surface area contributed by atoms with Crippen LogP contribution >= 0.6 is 0 Å². The highest BCUT2D eigenvalue weighted by Gasteiger charge is 2.36. The fraction of sp³-hybridized carbons (Fsp3) is 0.769. The van der Waals surface area contributed by atoms with Gasteiger partial charge in [0, 0.05) is 19.3 Å². The van der Waals surface area contributed by atoms with Crippen LogP contribution in [0, 0.1) is 0 Å². The van der Waals surface area contributed by atoms with Crippen LogP contribution in [-0.4, -0.2) is 40.7 Å². The number of hydrogen-bond donors (Lipinski definition) is 3. The molecule has 0 aliphatic carbocycles. The van der Waals surface area contributed by atoms with Crippen molar-refractivity contribution in [2.24, 2.45) is 5.73 Å². The number of carboxylic acid groups (broad SMARTS) is 2. The van der Waals surface area contributed by atoms with Crippen molar-refractivity contribution in [2.75, 3.05) is 6.54 Å². The van der Waals surface area contributed by atoms with Gasteiger partial charge in [0.05, 0.1) is 0 Å². The molecule has 0 rings (SSSR count). The molecule has 0 bridgehead atoms. The van der Waals surface area contributed by atoms with Gasteiger partial charge in [-0.05, 0) is 32.2 Å². The average Bonchev–Trinajstić information content (AvgIpc) is 2.37. The van der Waals surface area contributed by atoms with E-state index in [1.807, 2.05) is 0 Å². The molecule has 6 nitrogen and oxygen atoms in total. The summed E-state index contributed by atoms with van der Waals surface area (Å²) in [6, 6.07) is 0. The van der Waals surface area contributed by atoms with E-state index in [1.165, 1.54) is 0 Å². The molecule has 0 amide bonds. The van der Waals surface area contributed by atoms with Gasteiger partial charge in [-0.15, -0.1) is 0 Å². The normalized spacial score (nSPS) is 10.5. The van der Waals surface area contributed by atoms with Gasteiger partial charge < -0.3 is 15.9 Å². The Bertz CT molecular complexity index is 345. The summed E-state index contributed by atoms with van der Waals surface area (Å²) in [5.41, 5.74) is 5.12. The molecular formula is C13H22F3NO5. The number of aliphatic carboxylic acids is 2. The van der Waals surface area contributed by atoms with Crippen LogP contribution in [0.4, 0.5) is 13.2 Å². The Kier molecular flexibility index (Phi) is 13.4. The lowest BCUT2D eigenvalue weighted by atomic mass is 10.1. The second-order valence-corrected chi connectivity index (χ2v) is 4.51. The average molecular weight is 329 g/mol. The van der Waals surface area contributed by atoms with Gasteiger partial charge in [-0.3, -0.25) is 14.4 Å². The number of hydrogen-bond acceptors (Lipinski definition) is 4. The highest BCUT2D eigenvalue weighted by Crippen LogP contribution is 2.19. The largest absolute Gasteiger partial charge is 0.481 e. The molecule has 9 heteroatoms. The van der Waals surface area contributed by atoms with Gasteiger partial charge in [-0.25, -0.2) is 0 Å². The molecule has 130 valence electrons. The Morgan fingerprint density at radius 2 is 1.18 bits per heavy atom. The fourth-order valence-electron chi connectivity index (χ4n) is 1.30. The summed E-state index contributed by atoms with van der Waals surface area (Å²) in [5, 5.41) is 16.3. The Morgan fingerprint density at radius 1 is 0.773 bits per heavy atom. The van der Waals surface area contributed by atoms with Gasteiger partial charge in [0.15, 0.2) is 0 Å². The topological polar surface area (TPSA) is 118 Å². The molecule has 0 aliphatic heterocycles. The number of carbonyl (C=O) groups is 3. The van der Waals surface area contributed by atoms with Crippen LogP contribution in [0.2, 0.25) is 0 Å². The Morgan fingerprint density at radius 3 is 1.55 bits per heavy atom. The molecule has 0 aromatic rings. The summed E-state index contributed by atoms with van der Waals surface area (Å²) in [5.74, 6) is -3.46. The summed E-state index contributed by atoms with van der Waals surface area (Å²) < 4.78 is 34.9. The molecule has 0 unspecified atom stereocenters. The standard InChI is InChI=1S/C8H11F3O3.C5H11NO2/c9-8(10,11)6(12)4-2-1-3-5-7(13)14;6-4-2-1-3-5(7)8/h1-5H2,(H,13,14);1-4,6H2,(H,7,8). The van der Waals surface area contributed by atoms with Crippen molar-refractivity contribution in [3.8, 4) is 0 Å². The van der Waals surface area contributed by atoms with Crippen LogP contribution in [0.1, 0.15) is 51.4 Å². The van der Waals surface area contributed by atoms with E-state index in [2.05, 4.69) is 0 Å². The Hall–Kier alpha value is -1.64. The minimum atomic E-state index is -4.76. The third kappa shape index (κ3) is 18.4. The van der Waals surface area contributed by atoms with Crippen LogP contribution in [0.5, 0.6) is 0 Å². The minimum Gasteiger partial charge on any atom is -0.481 e. The van der Waals surface area contributed by atoms with Crippen molar-refractivity contribution >= 4 is 17.7 Å². The second-order valence-electron chi connectivity index (χ2n) is 4.51. The van der Waals surface area contributed by atoms with Gasteiger partial charge in [0.25, 0.3) is 0 Å². The summed E-state index contributed by atoms with van der Waals surface area (Å²) in [4.78, 5) is 30.2. The van der Waals surface area contributed by atoms with E-state index < -0.39 is 30.3 Å². The predicted octanol–water partition coefficient (Wildman–Crippen LogP) is 2.35. The third-order valence-corrected chi connectivity index (χ3v) is 2.46. The van der Waals surface area contributed by atoms with E-state index in [1.54, 1.807) is 0 Å². The van der Waals surface area contributed by atoms with Crippen LogP contribution in [-0.2, 0) is 14.4 Å². The fourth-order valence-corrected chi connectivity index (χ4v) is 1.30. The number of unbranched alkanes of at least 4 members (excludes halogenated alkanes) is 3. The van der Waals surface area contributed by atoms with Gasteiger partial charge >= 0.3 is 18.1 Å². The molecule has 0 radical (unpaired) electrons. The van der Waals surface area contributed by atoms with Crippen molar-refractivity contribution in [1.82, 2.24) is 0 Å². The third-order valence-electron chi connectivity index (χ3n) is 2.46. The number of ketones is 1. The predicted molar refractivity (Wildman–Crippen MR) is 72.3 cm³/mol. The highest BCUT2D eigenvalue weighted by atomic mass is 19.4. The van der Waals surface area contributed by atoms with Crippen LogP contribution in [0.25, 0.3) is 0 Å². The molecule has 0 aromatic carbocycles. The van der Waals surface area contributed by atoms with E-state index in [0.29, 0.717) is 25.8 Å². The molecule has 0 aliphatic rings. The Labute approximate surface area is 126 Å². The van der Waals surface area contributed by atoms with Gasteiger partial charge in [0.2, 0.25) is 5.78 Å². The molecule has 0 fully saturated rings. The number of nitrogens with two attached hydrogens (primary N) is 1. The molecule has 0 saturated carbocycles. The number of rotatable bonds is 10. The van der Waals surface area contributed by atoms with Crippen molar-refractivity contribution < 1.29 is 37.8 Å². The highest BCUT2D eigenvalue weighted by molar-refractivity contribution is 5.83. The number of Topliss-reactive ketones (excluding diaryl/α,β-unsaturated/α-hetero) is 1. The number of halogens is 3. The number of carbonyl (C=O) groups excluding carboxylic acids is 1.